The van der Waals surface area contributed by atoms with Crippen molar-refractivity contribution in [3.8, 4) is 11.1 Å². The summed E-state index contributed by atoms with van der Waals surface area (Å²) in [5, 5.41) is 0. The number of imidazole rings is 1. The number of hydrogen-bond donors (Lipinski definition) is 1. The van der Waals surface area contributed by atoms with Gasteiger partial charge in [0, 0.05) is 17.8 Å². The molecule has 1 atom stereocenters. The summed E-state index contributed by atoms with van der Waals surface area (Å²) < 4.78 is 0. The third kappa shape index (κ3) is 2.75. The molecule has 1 fully saturated rings. The van der Waals surface area contributed by atoms with Crippen molar-refractivity contribution in [3.05, 3.63) is 47.9 Å². The van der Waals surface area contributed by atoms with Gasteiger partial charge in [0.15, 0.2) is 5.65 Å². The van der Waals surface area contributed by atoms with Gasteiger partial charge in [-0.1, -0.05) is 18.2 Å². The van der Waals surface area contributed by atoms with Crippen molar-refractivity contribution in [3.63, 3.8) is 0 Å². The second-order valence-electron chi connectivity index (χ2n) is 6.46. The number of aromatic amines is 1. The molecule has 1 aromatic carbocycles. The zero-order valence-corrected chi connectivity index (χ0v) is 13.7. The van der Waals surface area contributed by atoms with Gasteiger partial charge >= 0.3 is 0 Å². The van der Waals surface area contributed by atoms with Crippen LogP contribution in [0.5, 0.6) is 0 Å². The third-order valence-electron chi connectivity index (χ3n) is 4.85. The number of hydrogen-bond acceptors (Lipinski definition) is 3. The molecule has 1 saturated heterocycles. The largest absolute Gasteiger partial charge is 0.341 e. The van der Waals surface area contributed by atoms with Crippen LogP contribution in [0.1, 0.15) is 37.2 Å². The fraction of sp³-hybridized carbons (Fsp3) is 0.368. The van der Waals surface area contributed by atoms with Gasteiger partial charge in [0.25, 0.3) is 0 Å². The molecule has 0 bridgehead atoms. The Labute approximate surface area is 136 Å². The van der Waals surface area contributed by atoms with Gasteiger partial charge in [0.2, 0.25) is 0 Å². The van der Waals surface area contributed by atoms with E-state index in [2.05, 4.69) is 57.1 Å². The van der Waals surface area contributed by atoms with E-state index in [1.807, 2.05) is 13.1 Å². The highest BCUT2D eigenvalue weighted by molar-refractivity contribution is 5.78. The van der Waals surface area contributed by atoms with Gasteiger partial charge in [-0.25, -0.2) is 9.97 Å². The van der Waals surface area contributed by atoms with Crippen LogP contribution < -0.4 is 0 Å². The minimum Gasteiger partial charge on any atom is -0.341 e. The maximum absolute atomic E-state index is 4.48. The molecule has 1 aliphatic heterocycles. The normalized spacial score (nSPS) is 17.0. The predicted octanol–water partition coefficient (Wildman–Crippen LogP) is 4.09. The Kier molecular flexibility index (Phi) is 3.62. The summed E-state index contributed by atoms with van der Waals surface area (Å²) in [5.41, 5.74) is 5.52. The molecule has 1 unspecified atom stereocenters. The molecule has 2 aromatic heterocycles. The van der Waals surface area contributed by atoms with Crippen molar-refractivity contribution in [1.82, 2.24) is 19.9 Å². The number of likely N-dealkylation sites (tertiary alicyclic amines) is 1. The highest BCUT2D eigenvalue weighted by Gasteiger charge is 2.19. The van der Waals surface area contributed by atoms with Crippen LogP contribution in [-0.4, -0.2) is 32.9 Å². The lowest BCUT2D eigenvalue weighted by atomic mass is 10.0. The first-order chi connectivity index (χ1) is 11.2. The maximum Gasteiger partial charge on any atom is 0.177 e. The molecule has 0 aliphatic carbocycles. The van der Waals surface area contributed by atoms with Crippen LogP contribution in [0.4, 0.5) is 0 Å². The minimum atomic E-state index is 0.475. The smallest absolute Gasteiger partial charge is 0.177 e. The average molecular weight is 306 g/mol. The highest BCUT2D eigenvalue weighted by atomic mass is 15.2. The maximum atomic E-state index is 4.48. The number of aromatic nitrogens is 3. The number of nitrogens with zero attached hydrogens (tertiary/aromatic N) is 3. The molecule has 4 heteroatoms. The van der Waals surface area contributed by atoms with Gasteiger partial charge in [-0.2, -0.15) is 0 Å². The fourth-order valence-electron chi connectivity index (χ4n) is 3.50. The Morgan fingerprint density at radius 3 is 2.78 bits per heavy atom. The van der Waals surface area contributed by atoms with Crippen LogP contribution in [0.3, 0.4) is 0 Å². The van der Waals surface area contributed by atoms with E-state index in [0.29, 0.717) is 6.04 Å². The first-order valence-corrected chi connectivity index (χ1v) is 8.37. The van der Waals surface area contributed by atoms with Gasteiger partial charge in [-0.05, 0) is 63.0 Å². The molecular formula is C19H22N4. The Balaban J connectivity index is 1.68. The Bertz CT molecular complexity index is 830. The molecule has 4 nitrogen and oxygen atoms in total. The number of aryl methyl sites for hydroxylation is 1. The Morgan fingerprint density at radius 2 is 1.96 bits per heavy atom. The summed E-state index contributed by atoms with van der Waals surface area (Å²) in [6.45, 7) is 6.70. The van der Waals surface area contributed by atoms with Crippen molar-refractivity contribution in [2.45, 2.75) is 32.7 Å². The molecule has 3 heterocycles. The van der Waals surface area contributed by atoms with Crippen LogP contribution >= 0.6 is 0 Å². The molecule has 3 aromatic rings. The summed E-state index contributed by atoms with van der Waals surface area (Å²) in [7, 11) is 0. The lowest BCUT2D eigenvalue weighted by Crippen LogP contribution is -2.23. The first kappa shape index (κ1) is 14.4. The van der Waals surface area contributed by atoms with Crippen molar-refractivity contribution in [2.24, 2.45) is 0 Å². The lowest BCUT2D eigenvalue weighted by Gasteiger charge is -2.24. The highest BCUT2D eigenvalue weighted by Crippen LogP contribution is 2.29. The van der Waals surface area contributed by atoms with Crippen molar-refractivity contribution in [2.75, 3.05) is 13.1 Å². The quantitative estimate of drug-likeness (QED) is 0.792. The van der Waals surface area contributed by atoms with E-state index >= 15 is 0 Å². The van der Waals surface area contributed by atoms with E-state index in [-0.39, 0.29) is 0 Å². The molecule has 0 radical (unpaired) electrons. The van der Waals surface area contributed by atoms with Crippen LogP contribution in [0.25, 0.3) is 22.3 Å². The minimum absolute atomic E-state index is 0.475. The predicted molar refractivity (Wildman–Crippen MR) is 93.3 cm³/mol. The topological polar surface area (TPSA) is 44.8 Å². The zero-order valence-electron chi connectivity index (χ0n) is 13.7. The van der Waals surface area contributed by atoms with Crippen LogP contribution in [0.15, 0.2) is 36.5 Å². The second-order valence-corrected chi connectivity index (χ2v) is 6.46. The summed E-state index contributed by atoms with van der Waals surface area (Å²) >= 11 is 0. The molecular weight excluding hydrogens is 284 g/mol. The monoisotopic (exact) mass is 306 g/mol. The van der Waals surface area contributed by atoms with E-state index in [4.69, 9.17) is 0 Å². The van der Waals surface area contributed by atoms with Gasteiger partial charge in [-0.15, -0.1) is 0 Å². The Hall–Kier alpha value is -2.20. The van der Waals surface area contributed by atoms with E-state index in [1.165, 1.54) is 37.1 Å². The number of rotatable bonds is 3. The van der Waals surface area contributed by atoms with Crippen LogP contribution in [0, 0.1) is 6.92 Å². The zero-order chi connectivity index (χ0) is 15.8. The lowest BCUT2D eigenvalue weighted by molar-refractivity contribution is 0.263. The molecule has 118 valence electrons. The standard InChI is InChI=1S/C19H22N4/c1-13(23-8-3-4-9-23)15-6-5-7-16(10-15)17-11-18-19(20-12-17)22-14(2)21-18/h5-7,10-13H,3-4,8-9H2,1-2H3,(H,20,21,22). The van der Waals surface area contributed by atoms with Crippen LogP contribution in [0.2, 0.25) is 0 Å². The van der Waals surface area contributed by atoms with Crippen molar-refractivity contribution < 1.29 is 0 Å². The fourth-order valence-corrected chi connectivity index (χ4v) is 3.50. The number of H-pyrrole nitrogens is 1. The van der Waals surface area contributed by atoms with E-state index in [0.717, 1.165) is 22.6 Å². The molecule has 23 heavy (non-hydrogen) atoms. The van der Waals surface area contributed by atoms with Gasteiger partial charge in [0.1, 0.15) is 5.82 Å². The van der Waals surface area contributed by atoms with Crippen molar-refractivity contribution >= 4 is 11.2 Å². The molecule has 1 aliphatic rings. The number of benzene rings is 1. The van der Waals surface area contributed by atoms with Crippen LogP contribution in [-0.2, 0) is 0 Å². The van der Waals surface area contributed by atoms with Gasteiger partial charge < -0.3 is 4.98 Å². The summed E-state index contributed by atoms with van der Waals surface area (Å²) in [5.74, 6) is 0.904. The van der Waals surface area contributed by atoms with Gasteiger partial charge in [0.05, 0.1) is 5.52 Å². The second kappa shape index (κ2) is 5.78. The van der Waals surface area contributed by atoms with Crippen molar-refractivity contribution in [1.29, 1.82) is 0 Å². The Morgan fingerprint density at radius 1 is 1.13 bits per heavy atom. The molecule has 0 amide bonds. The molecule has 4 rings (SSSR count). The van der Waals surface area contributed by atoms with E-state index in [9.17, 15) is 0 Å². The molecule has 1 N–H and O–H groups in total. The first-order valence-electron chi connectivity index (χ1n) is 8.37. The number of pyridine rings is 1. The molecule has 0 saturated carbocycles. The number of fused-ring (bicyclic) bond motifs is 1. The number of nitrogens with one attached hydrogen (secondary N) is 1. The van der Waals surface area contributed by atoms with Gasteiger partial charge in [-0.3, -0.25) is 4.90 Å². The molecule has 0 spiro atoms. The SMILES string of the molecule is Cc1nc2ncc(-c3cccc(C(C)N4CCCC4)c3)cc2[nH]1. The van der Waals surface area contributed by atoms with E-state index in [1.54, 1.807) is 0 Å². The summed E-state index contributed by atoms with van der Waals surface area (Å²) in [4.78, 5) is 14.7. The third-order valence-corrected chi connectivity index (χ3v) is 4.85. The summed E-state index contributed by atoms with van der Waals surface area (Å²) in [6.07, 6.45) is 4.57. The summed E-state index contributed by atoms with van der Waals surface area (Å²) in [6, 6.07) is 11.5. The average Bonchev–Trinajstić information content (AvgIpc) is 3.22. The van der Waals surface area contributed by atoms with E-state index < -0.39 is 0 Å².